The number of halogens is 4. The van der Waals surface area contributed by atoms with E-state index in [2.05, 4.69) is 43.0 Å². The second kappa shape index (κ2) is 13.9. The second-order valence-electron chi connectivity index (χ2n) is 11.9. The normalized spacial score (nSPS) is 23.2. The van der Waals surface area contributed by atoms with Gasteiger partial charge in [-0.05, 0) is 50.7 Å². The summed E-state index contributed by atoms with van der Waals surface area (Å²) in [5.74, 6) is -4.64. The number of carbonyl (C=O) groups excluding carboxylic acids is 2. The van der Waals surface area contributed by atoms with Crippen LogP contribution in [0.4, 0.5) is 23.4 Å². The molecule has 2 aliphatic heterocycles. The Labute approximate surface area is 241 Å². The van der Waals surface area contributed by atoms with Gasteiger partial charge in [-0.1, -0.05) is 27.4 Å². The van der Waals surface area contributed by atoms with Crippen LogP contribution in [0.15, 0.2) is 24.6 Å². The number of alkyl halides is 4. The van der Waals surface area contributed by atoms with Crippen LogP contribution in [-0.2, 0) is 11.2 Å². The van der Waals surface area contributed by atoms with E-state index in [1.54, 1.807) is 6.20 Å². The van der Waals surface area contributed by atoms with Crippen LogP contribution in [-0.4, -0.2) is 64.3 Å². The maximum absolute atomic E-state index is 12.5. The van der Waals surface area contributed by atoms with Crippen LogP contribution < -0.4 is 10.6 Å². The molecule has 1 unspecified atom stereocenters. The van der Waals surface area contributed by atoms with Crippen molar-refractivity contribution < 1.29 is 32.3 Å². The molecular weight excluding hydrogens is 540 g/mol. The Hall–Kier alpha value is -2.85. The van der Waals surface area contributed by atoms with Crippen molar-refractivity contribution in [3.63, 3.8) is 0 Å². The number of likely N-dealkylation sites (tertiary alicyclic amines) is 1. The summed E-state index contributed by atoms with van der Waals surface area (Å²) in [6.07, 6.45) is 3.85. The van der Waals surface area contributed by atoms with Gasteiger partial charge in [0.05, 0.1) is 11.3 Å². The number of pyridine rings is 1. The van der Waals surface area contributed by atoms with Crippen LogP contribution in [0.3, 0.4) is 0 Å². The van der Waals surface area contributed by atoms with E-state index in [-0.39, 0.29) is 54.7 Å². The monoisotopic (exact) mass is 586 g/mol. The lowest BCUT2D eigenvalue weighted by Crippen LogP contribution is -2.43. The lowest BCUT2D eigenvalue weighted by Gasteiger charge is -2.33. The van der Waals surface area contributed by atoms with Crippen LogP contribution in [0.5, 0.6) is 0 Å². The number of amides is 2. The number of allylic oxidation sites excluding steroid dienone is 1. The fourth-order valence-corrected chi connectivity index (χ4v) is 5.01. The van der Waals surface area contributed by atoms with E-state index in [9.17, 15) is 27.2 Å². The van der Waals surface area contributed by atoms with Crippen molar-refractivity contribution in [3.8, 4) is 0 Å². The van der Waals surface area contributed by atoms with E-state index >= 15 is 0 Å². The summed E-state index contributed by atoms with van der Waals surface area (Å²) in [7, 11) is 1.46. The molecule has 7 nitrogen and oxygen atoms in total. The number of hydrogen-bond acceptors (Lipinski definition) is 5. The lowest BCUT2D eigenvalue weighted by atomic mass is 9.80. The first-order valence-corrected chi connectivity index (χ1v) is 14.4. The number of nitrogens with zero attached hydrogens (tertiary/aromatic N) is 2. The molecule has 41 heavy (non-hydrogen) atoms. The first-order valence-electron chi connectivity index (χ1n) is 14.4. The molecule has 3 N–H and O–H groups in total. The Morgan fingerprint density at radius 1 is 1.10 bits per heavy atom. The van der Waals surface area contributed by atoms with Crippen LogP contribution in [0.1, 0.15) is 89.1 Å². The third-order valence-corrected chi connectivity index (χ3v) is 7.67. The van der Waals surface area contributed by atoms with Gasteiger partial charge in [0.25, 0.3) is 5.91 Å². The molecule has 232 valence electrons. The van der Waals surface area contributed by atoms with E-state index in [1.807, 2.05) is 24.8 Å². The first-order chi connectivity index (χ1) is 19.0. The zero-order valence-corrected chi connectivity index (χ0v) is 25.1. The smallest absolute Gasteiger partial charge is 0.255 e. The minimum atomic E-state index is -2.59. The third kappa shape index (κ3) is 9.88. The molecule has 2 aliphatic carbocycles. The Morgan fingerprint density at radius 2 is 1.66 bits per heavy atom. The Balaban J connectivity index is 0.000000235. The summed E-state index contributed by atoms with van der Waals surface area (Å²) < 4.78 is 48.2. The molecule has 2 amide bonds. The SMILES string of the molecule is C=C(O)C1CC(F)(F)C1.CC.CC1CCN(C(=O)c2cnc3c(c2)CCC(C)(C)N3)C1.CNC(=O)C1CC(F)(F)C1. The Kier molecular flexibility index (Phi) is 11.6. The molecule has 1 saturated heterocycles. The number of hydrogen-bond donors (Lipinski definition) is 3. The fraction of sp³-hybridized carbons (Fsp3) is 0.700. The number of aliphatic hydroxyl groups excluding tert-OH is 1. The summed E-state index contributed by atoms with van der Waals surface area (Å²) in [4.78, 5) is 29.5. The molecule has 3 fully saturated rings. The summed E-state index contributed by atoms with van der Waals surface area (Å²) in [6, 6.07) is 2.02. The number of rotatable bonds is 3. The molecular formula is C30H46F4N4O3. The number of carbonyl (C=O) groups is 2. The van der Waals surface area contributed by atoms with E-state index in [0.717, 1.165) is 43.7 Å². The van der Waals surface area contributed by atoms with Gasteiger partial charge in [0.15, 0.2) is 0 Å². The molecule has 5 rings (SSSR count). The zero-order valence-electron chi connectivity index (χ0n) is 25.1. The molecule has 0 radical (unpaired) electrons. The number of anilines is 1. The van der Waals surface area contributed by atoms with E-state index in [1.165, 1.54) is 12.6 Å². The minimum Gasteiger partial charge on any atom is -0.513 e. The highest BCUT2D eigenvalue weighted by Gasteiger charge is 2.48. The predicted molar refractivity (Wildman–Crippen MR) is 152 cm³/mol. The molecule has 0 spiro atoms. The van der Waals surface area contributed by atoms with Gasteiger partial charge in [-0.3, -0.25) is 9.59 Å². The average Bonchev–Trinajstić information content (AvgIpc) is 3.32. The number of aromatic nitrogens is 1. The molecule has 2 saturated carbocycles. The van der Waals surface area contributed by atoms with Crippen LogP contribution in [0.25, 0.3) is 0 Å². The maximum Gasteiger partial charge on any atom is 0.255 e. The molecule has 3 heterocycles. The highest BCUT2D eigenvalue weighted by molar-refractivity contribution is 5.94. The zero-order chi connectivity index (χ0) is 31.2. The minimum absolute atomic E-state index is 0.0932. The Bertz CT molecular complexity index is 1060. The average molecular weight is 587 g/mol. The molecule has 4 aliphatic rings. The third-order valence-electron chi connectivity index (χ3n) is 7.67. The van der Waals surface area contributed by atoms with E-state index < -0.39 is 17.8 Å². The van der Waals surface area contributed by atoms with Gasteiger partial charge in [0.2, 0.25) is 17.8 Å². The second-order valence-corrected chi connectivity index (χ2v) is 11.9. The lowest BCUT2D eigenvalue weighted by molar-refractivity contribution is -0.149. The van der Waals surface area contributed by atoms with Gasteiger partial charge >= 0.3 is 0 Å². The van der Waals surface area contributed by atoms with Gasteiger partial charge in [-0.25, -0.2) is 22.5 Å². The number of fused-ring (bicyclic) bond motifs is 1. The van der Waals surface area contributed by atoms with E-state index in [4.69, 9.17) is 5.11 Å². The fourth-order valence-electron chi connectivity index (χ4n) is 5.01. The van der Waals surface area contributed by atoms with Crippen molar-refractivity contribution in [3.05, 3.63) is 35.7 Å². The molecule has 11 heteroatoms. The Morgan fingerprint density at radius 3 is 2.10 bits per heavy atom. The summed E-state index contributed by atoms with van der Waals surface area (Å²) >= 11 is 0. The van der Waals surface area contributed by atoms with Crippen LogP contribution >= 0.6 is 0 Å². The summed E-state index contributed by atoms with van der Waals surface area (Å²) in [6.45, 7) is 15.5. The quantitative estimate of drug-likeness (QED) is 0.274. The van der Waals surface area contributed by atoms with Crippen molar-refractivity contribution in [1.82, 2.24) is 15.2 Å². The largest absolute Gasteiger partial charge is 0.513 e. The van der Waals surface area contributed by atoms with Gasteiger partial charge in [-0.2, -0.15) is 0 Å². The van der Waals surface area contributed by atoms with Gasteiger partial charge in [-0.15, -0.1) is 0 Å². The van der Waals surface area contributed by atoms with Crippen LogP contribution in [0.2, 0.25) is 0 Å². The first kappa shape index (κ1) is 34.4. The van der Waals surface area contributed by atoms with Crippen molar-refractivity contribution >= 4 is 17.6 Å². The summed E-state index contributed by atoms with van der Waals surface area (Å²) in [5, 5.41) is 14.4. The van der Waals surface area contributed by atoms with Crippen molar-refractivity contribution in [2.24, 2.45) is 17.8 Å². The van der Waals surface area contributed by atoms with Gasteiger partial charge < -0.3 is 20.6 Å². The van der Waals surface area contributed by atoms with Gasteiger partial charge in [0.1, 0.15) is 5.82 Å². The standard InChI is InChI=1S/C16H23N3O.C6H9F2NO.C6H8F2O.C2H6/c1-11-5-7-19(10-11)15(20)13-8-12-4-6-16(2,3)18-14(12)17-9-13;1-9-5(10)4-2-6(7,8)3-4;1-4(9)5-2-6(7,8)3-5;1-2/h8-9,11H,4-7,10H2,1-3H3,(H,17,18);4H,2-3H2,1H3,(H,9,10);5,9H,1-3H2;1-2H3. The number of aryl methyl sites for hydroxylation is 1. The summed E-state index contributed by atoms with van der Waals surface area (Å²) in [5.41, 5.74) is 2.00. The van der Waals surface area contributed by atoms with Crippen LogP contribution in [0, 0.1) is 17.8 Å². The molecule has 1 atom stereocenters. The van der Waals surface area contributed by atoms with E-state index in [0.29, 0.717) is 5.92 Å². The van der Waals surface area contributed by atoms with Crippen molar-refractivity contribution in [2.45, 2.75) is 96.9 Å². The topological polar surface area (TPSA) is 94.6 Å². The highest BCUT2D eigenvalue weighted by Crippen LogP contribution is 2.44. The van der Waals surface area contributed by atoms with Crippen molar-refractivity contribution in [1.29, 1.82) is 0 Å². The molecule has 0 bridgehead atoms. The highest BCUT2D eigenvalue weighted by atomic mass is 19.3. The molecule has 1 aromatic rings. The molecule has 1 aromatic heterocycles. The predicted octanol–water partition coefficient (Wildman–Crippen LogP) is 6.61. The number of aliphatic hydroxyl groups is 1. The number of nitrogens with one attached hydrogen (secondary N) is 2. The van der Waals surface area contributed by atoms with Crippen molar-refractivity contribution in [2.75, 3.05) is 25.5 Å². The maximum atomic E-state index is 12.5. The molecule has 0 aromatic carbocycles. The van der Waals surface area contributed by atoms with Gasteiger partial charge in [0, 0.05) is 69.4 Å².